The predicted octanol–water partition coefficient (Wildman–Crippen LogP) is 3.64. The van der Waals surface area contributed by atoms with Crippen LogP contribution in [0.3, 0.4) is 0 Å². The zero-order chi connectivity index (χ0) is 13.3. The minimum absolute atomic E-state index is 0.321. The van der Waals surface area contributed by atoms with Gasteiger partial charge in [-0.25, -0.2) is 9.37 Å². The molecule has 0 aliphatic heterocycles. The second-order valence-corrected chi connectivity index (χ2v) is 5.17. The Morgan fingerprint density at radius 3 is 2.67 bits per heavy atom. The highest BCUT2D eigenvalue weighted by atomic mass is 32.2. The summed E-state index contributed by atoms with van der Waals surface area (Å²) in [5.41, 5.74) is 1.86. The summed E-state index contributed by atoms with van der Waals surface area (Å²) in [7, 11) is 0. The van der Waals surface area contributed by atoms with Gasteiger partial charge in [0.2, 0.25) is 0 Å². The van der Waals surface area contributed by atoms with E-state index < -0.39 is 6.10 Å². The van der Waals surface area contributed by atoms with Gasteiger partial charge in [-0.3, -0.25) is 0 Å². The van der Waals surface area contributed by atoms with E-state index in [1.54, 1.807) is 26.2 Å². The second kappa shape index (κ2) is 5.12. The number of aliphatic hydroxyl groups excluding tert-OH is 1. The largest absolute Gasteiger partial charge is 0.439 e. The van der Waals surface area contributed by atoms with Crippen molar-refractivity contribution >= 4 is 11.8 Å². The maximum atomic E-state index is 13.5. The molecular formula is C13H14FNO2S. The average Bonchev–Trinajstić information content (AvgIpc) is 2.68. The summed E-state index contributed by atoms with van der Waals surface area (Å²) in [5, 5.41) is 10.2. The van der Waals surface area contributed by atoms with Crippen molar-refractivity contribution in [2.45, 2.75) is 37.0 Å². The van der Waals surface area contributed by atoms with E-state index in [-0.39, 0.29) is 5.82 Å². The Morgan fingerprint density at radius 1 is 1.39 bits per heavy atom. The standard InChI is InChI=1S/C13H14FNO2S/c1-7-4-12(10(9(3)16)5-11(7)14)18-13-15-8(2)6-17-13/h4-6,9,16H,1-3H3. The van der Waals surface area contributed by atoms with Gasteiger partial charge in [-0.05, 0) is 55.8 Å². The number of hydrogen-bond donors (Lipinski definition) is 1. The van der Waals surface area contributed by atoms with Crippen molar-refractivity contribution in [3.05, 3.63) is 41.0 Å². The Labute approximate surface area is 109 Å². The van der Waals surface area contributed by atoms with Crippen LogP contribution in [0.1, 0.15) is 29.8 Å². The molecule has 1 aromatic carbocycles. The molecule has 1 heterocycles. The Balaban J connectivity index is 2.39. The van der Waals surface area contributed by atoms with Crippen LogP contribution >= 0.6 is 11.8 Å². The predicted molar refractivity (Wildman–Crippen MR) is 67.1 cm³/mol. The van der Waals surface area contributed by atoms with Gasteiger partial charge in [-0.2, -0.15) is 0 Å². The van der Waals surface area contributed by atoms with E-state index in [1.807, 2.05) is 6.92 Å². The summed E-state index contributed by atoms with van der Waals surface area (Å²) in [6.07, 6.45) is 0.819. The molecule has 5 heteroatoms. The van der Waals surface area contributed by atoms with E-state index in [1.165, 1.54) is 17.8 Å². The maximum absolute atomic E-state index is 13.5. The molecule has 1 aromatic heterocycles. The van der Waals surface area contributed by atoms with Gasteiger partial charge in [0, 0.05) is 4.90 Å². The molecule has 1 atom stereocenters. The SMILES string of the molecule is Cc1coc(Sc2cc(C)c(F)cc2C(C)O)n1. The van der Waals surface area contributed by atoms with Crippen LogP contribution < -0.4 is 0 Å². The van der Waals surface area contributed by atoms with Gasteiger partial charge in [0.25, 0.3) is 5.22 Å². The monoisotopic (exact) mass is 267 g/mol. The first-order valence-corrected chi connectivity index (χ1v) is 6.37. The van der Waals surface area contributed by atoms with Gasteiger partial charge in [0.05, 0.1) is 11.8 Å². The molecule has 0 aliphatic carbocycles. The van der Waals surface area contributed by atoms with Gasteiger partial charge in [0.1, 0.15) is 12.1 Å². The van der Waals surface area contributed by atoms with Gasteiger partial charge in [-0.1, -0.05) is 0 Å². The molecule has 1 unspecified atom stereocenters. The summed E-state index contributed by atoms with van der Waals surface area (Å²) in [4.78, 5) is 4.93. The number of aliphatic hydroxyl groups is 1. The first kappa shape index (κ1) is 13.1. The smallest absolute Gasteiger partial charge is 0.260 e. The lowest BCUT2D eigenvalue weighted by atomic mass is 10.1. The molecule has 2 aromatic rings. The Bertz CT molecular complexity index is 566. The number of aryl methyl sites for hydroxylation is 2. The van der Waals surface area contributed by atoms with Crippen molar-refractivity contribution < 1.29 is 13.9 Å². The van der Waals surface area contributed by atoms with Crippen molar-refractivity contribution in [2.24, 2.45) is 0 Å². The van der Waals surface area contributed by atoms with Crippen LogP contribution in [0.4, 0.5) is 4.39 Å². The topological polar surface area (TPSA) is 46.3 Å². The Morgan fingerprint density at radius 2 is 2.11 bits per heavy atom. The summed E-state index contributed by atoms with van der Waals surface area (Å²) < 4.78 is 18.8. The van der Waals surface area contributed by atoms with Crippen LogP contribution in [0.25, 0.3) is 0 Å². The third-order valence-corrected chi connectivity index (χ3v) is 3.47. The van der Waals surface area contributed by atoms with Crippen LogP contribution in [0, 0.1) is 19.7 Å². The Hall–Kier alpha value is -1.33. The molecule has 96 valence electrons. The van der Waals surface area contributed by atoms with E-state index in [0.717, 1.165) is 10.6 Å². The fourth-order valence-corrected chi connectivity index (χ4v) is 2.62. The lowest BCUT2D eigenvalue weighted by Gasteiger charge is -2.11. The van der Waals surface area contributed by atoms with Crippen molar-refractivity contribution in [2.75, 3.05) is 0 Å². The minimum atomic E-state index is -0.737. The van der Waals surface area contributed by atoms with Crippen LogP contribution in [0.2, 0.25) is 0 Å². The highest BCUT2D eigenvalue weighted by molar-refractivity contribution is 7.99. The first-order chi connectivity index (χ1) is 8.47. The molecule has 0 bridgehead atoms. The van der Waals surface area contributed by atoms with Crippen molar-refractivity contribution in [3.8, 4) is 0 Å². The Kier molecular flexibility index (Phi) is 3.73. The number of aromatic nitrogens is 1. The van der Waals surface area contributed by atoms with Crippen molar-refractivity contribution in [1.29, 1.82) is 0 Å². The third-order valence-electron chi connectivity index (χ3n) is 2.54. The summed E-state index contributed by atoms with van der Waals surface area (Å²) >= 11 is 1.28. The maximum Gasteiger partial charge on any atom is 0.260 e. The summed E-state index contributed by atoms with van der Waals surface area (Å²) in [5.74, 6) is -0.321. The summed E-state index contributed by atoms with van der Waals surface area (Å²) in [6, 6.07) is 3.06. The highest BCUT2D eigenvalue weighted by Gasteiger charge is 2.14. The van der Waals surface area contributed by atoms with Gasteiger partial charge in [-0.15, -0.1) is 0 Å². The molecule has 0 fully saturated rings. The normalized spacial score (nSPS) is 12.7. The zero-order valence-corrected chi connectivity index (χ0v) is 11.2. The van der Waals surface area contributed by atoms with E-state index in [9.17, 15) is 9.50 Å². The van der Waals surface area contributed by atoms with Crippen LogP contribution in [-0.2, 0) is 0 Å². The second-order valence-electron chi connectivity index (χ2n) is 4.17. The average molecular weight is 267 g/mol. The minimum Gasteiger partial charge on any atom is -0.439 e. The van der Waals surface area contributed by atoms with Crippen LogP contribution in [0.15, 0.2) is 32.9 Å². The molecule has 0 saturated heterocycles. The molecule has 0 amide bonds. The quantitative estimate of drug-likeness (QED) is 0.922. The van der Waals surface area contributed by atoms with Crippen LogP contribution in [-0.4, -0.2) is 10.1 Å². The van der Waals surface area contributed by atoms with E-state index in [0.29, 0.717) is 16.3 Å². The number of benzene rings is 1. The number of oxazole rings is 1. The number of nitrogens with zero attached hydrogens (tertiary/aromatic N) is 1. The van der Waals surface area contributed by atoms with E-state index in [2.05, 4.69) is 4.98 Å². The first-order valence-electron chi connectivity index (χ1n) is 5.55. The molecule has 18 heavy (non-hydrogen) atoms. The molecule has 0 saturated carbocycles. The van der Waals surface area contributed by atoms with Gasteiger partial charge in [0.15, 0.2) is 0 Å². The third kappa shape index (κ3) is 2.73. The highest BCUT2D eigenvalue weighted by Crippen LogP contribution is 2.34. The molecule has 3 nitrogen and oxygen atoms in total. The number of hydrogen-bond acceptors (Lipinski definition) is 4. The lowest BCUT2D eigenvalue weighted by Crippen LogP contribution is -1.97. The van der Waals surface area contributed by atoms with E-state index >= 15 is 0 Å². The number of rotatable bonds is 3. The van der Waals surface area contributed by atoms with Gasteiger partial charge >= 0.3 is 0 Å². The molecular weight excluding hydrogens is 253 g/mol. The van der Waals surface area contributed by atoms with Crippen molar-refractivity contribution in [1.82, 2.24) is 4.98 Å². The molecule has 2 rings (SSSR count). The van der Waals surface area contributed by atoms with Crippen molar-refractivity contribution in [3.63, 3.8) is 0 Å². The fraction of sp³-hybridized carbons (Fsp3) is 0.308. The lowest BCUT2D eigenvalue weighted by molar-refractivity contribution is 0.195. The summed E-state index contributed by atoms with van der Waals surface area (Å²) in [6.45, 7) is 5.13. The van der Waals surface area contributed by atoms with E-state index in [4.69, 9.17) is 4.42 Å². The molecule has 0 aliphatic rings. The molecule has 0 radical (unpaired) electrons. The zero-order valence-electron chi connectivity index (χ0n) is 10.4. The fourth-order valence-electron chi connectivity index (χ4n) is 1.56. The van der Waals surface area contributed by atoms with Crippen LogP contribution in [0.5, 0.6) is 0 Å². The van der Waals surface area contributed by atoms with Gasteiger partial charge < -0.3 is 9.52 Å². The number of halogens is 1. The molecule has 1 N–H and O–H groups in total. The molecule has 0 spiro atoms.